The van der Waals surface area contributed by atoms with Crippen LogP contribution in [0.15, 0.2) is 30.5 Å². The topological polar surface area (TPSA) is 109 Å². The molecule has 0 radical (unpaired) electrons. The number of benzene rings is 1. The zero-order valence-corrected chi connectivity index (χ0v) is 20.1. The lowest BCUT2D eigenvalue weighted by molar-refractivity contribution is -0.146. The normalized spacial score (nSPS) is 24.8. The molecule has 4 heterocycles. The van der Waals surface area contributed by atoms with Crippen molar-refractivity contribution in [3.8, 4) is 5.69 Å². The third kappa shape index (κ3) is 4.46. The minimum absolute atomic E-state index is 0.0260. The Morgan fingerprint density at radius 1 is 1.22 bits per heavy atom. The van der Waals surface area contributed by atoms with E-state index in [-0.39, 0.29) is 30.3 Å². The van der Waals surface area contributed by atoms with E-state index in [1.807, 2.05) is 9.80 Å². The molecule has 3 fully saturated rings. The summed E-state index contributed by atoms with van der Waals surface area (Å²) in [4.78, 5) is 25.4. The summed E-state index contributed by atoms with van der Waals surface area (Å²) in [5.41, 5.74) is -0.935. The maximum absolute atomic E-state index is 13.4. The molecule has 196 valence electrons. The fourth-order valence-corrected chi connectivity index (χ4v) is 5.23. The van der Waals surface area contributed by atoms with Crippen LogP contribution in [0.2, 0.25) is 0 Å². The second-order valence-electron chi connectivity index (χ2n) is 10.2. The van der Waals surface area contributed by atoms with Crippen molar-refractivity contribution in [2.75, 3.05) is 43.1 Å². The third-order valence-electron chi connectivity index (χ3n) is 7.16. The van der Waals surface area contributed by atoms with Crippen LogP contribution in [0.25, 0.3) is 16.7 Å². The average molecular weight is 518 g/mol. The van der Waals surface area contributed by atoms with E-state index in [1.54, 1.807) is 19.2 Å². The van der Waals surface area contributed by atoms with Crippen molar-refractivity contribution in [2.45, 2.75) is 43.6 Å². The number of anilines is 2. The predicted octanol–water partition coefficient (Wildman–Crippen LogP) is 2.21. The molecule has 1 aliphatic carbocycles. The van der Waals surface area contributed by atoms with E-state index in [0.717, 1.165) is 12.1 Å². The summed E-state index contributed by atoms with van der Waals surface area (Å²) >= 11 is 0. The summed E-state index contributed by atoms with van der Waals surface area (Å²) in [5.74, 6) is 0.858. The molecule has 3 aliphatic rings. The molecule has 1 amide bonds. The molecule has 37 heavy (non-hydrogen) atoms. The SMILES string of the molecule is C[C@]1(O)C[C@H](Nc2nc(N3CC(N4CCOCC4=O)C3)c3cnn(-c4cccc(C(F)(F)F)c4)c3n2)C1. The molecular weight excluding hydrogens is 491 g/mol. The first-order valence-corrected chi connectivity index (χ1v) is 12.1. The minimum atomic E-state index is -4.49. The average Bonchev–Trinajstić information content (AvgIpc) is 3.22. The molecule has 2 N–H and O–H groups in total. The third-order valence-corrected chi connectivity index (χ3v) is 7.16. The Morgan fingerprint density at radius 3 is 2.70 bits per heavy atom. The van der Waals surface area contributed by atoms with E-state index >= 15 is 0 Å². The van der Waals surface area contributed by atoms with Gasteiger partial charge in [0, 0.05) is 25.7 Å². The molecule has 1 saturated carbocycles. The van der Waals surface area contributed by atoms with Crippen LogP contribution in [-0.4, -0.2) is 86.2 Å². The second kappa shape index (κ2) is 8.55. The molecule has 0 atom stereocenters. The molecule has 13 heteroatoms. The van der Waals surface area contributed by atoms with Gasteiger partial charge in [0.25, 0.3) is 0 Å². The molecule has 10 nitrogen and oxygen atoms in total. The number of hydrogen-bond donors (Lipinski definition) is 2. The van der Waals surface area contributed by atoms with Gasteiger partial charge in [-0.3, -0.25) is 4.79 Å². The Hall–Kier alpha value is -3.45. The lowest BCUT2D eigenvalue weighted by Crippen LogP contribution is -2.63. The number of carbonyl (C=O) groups excluding carboxylic acids is 1. The molecule has 2 aliphatic heterocycles. The fraction of sp³-hybridized carbons (Fsp3) is 0.500. The van der Waals surface area contributed by atoms with Crippen molar-refractivity contribution in [3.63, 3.8) is 0 Å². The molecule has 0 unspecified atom stereocenters. The lowest BCUT2D eigenvalue weighted by atomic mass is 9.77. The van der Waals surface area contributed by atoms with E-state index in [2.05, 4.69) is 15.4 Å². The van der Waals surface area contributed by atoms with Gasteiger partial charge in [0.15, 0.2) is 5.65 Å². The lowest BCUT2D eigenvalue weighted by Gasteiger charge is -2.47. The van der Waals surface area contributed by atoms with Crippen LogP contribution < -0.4 is 10.2 Å². The van der Waals surface area contributed by atoms with Gasteiger partial charge in [-0.2, -0.15) is 28.2 Å². The monoisotopic (exact) mass is 517 g/mol. The van der Waals surface area contributed by atoms with Crippen molar-refractivity contribution in [2.24, 2.45) is 0 Å². The summed E-state index contributed by atoms with van der Waals surface area (Å²) < 4.78 is 46.7. The smallest absolute Gasteiger partial charge is 0.390 e. The van der Waals surface area contributed by atoms with E-state index in [0.29, 0.717) is 61.9 Å². The molecule has 6 rings (SSSR count). The first-order valence-electron chi connectivity index (χ1n) is 12.1. The number of rotatable bonds is 5. The van der Waals surface area contributed by atoms with Gasteiger partial charge in [0.1, 0.15) is 12.4 Å². The summed E-state index contributed by atoms with van der Waals surface area (Å²) in [7, 11) is 0. The van der Waals surface area contributed by atoms with E-state index in [4.69, 9.17) is 9.72 Å². The maximum Gasteiger partial charge on any atom is 0.416 e. The number of aliphatic hydroxyl groups is 1. The highest BCUT2D eigenvalue weighted by Crippen LogP contribution is 2.36. The number of fused-ring (bicyclic) bond motifs is 1. The first kappa shape index (κ1) is 23.9. The molecule has 0 spiro atoms. The predicted molar refractivity (Wildman–Crippen MR) is 127 cm³/mol. The number of ether oxygens (including phenoxy) is 1. The molecule has 1 aromatic carbocycles. The van der Waals surface area contributed by atoms with Crippen molar-refractivity contribution in [1.82, 2.24) is 24.6 Å². The fourth-order valence-electron chi connectivity index (χ4n) is 5.23. The molecule has 2 aromatic heterocycles. The number of nitrogens with one attached hydrogen (secondary N) is 1. The second-order valence-corrected chi connectivity index (χ2v) is 10.2. The number of carbonyl (C=O) groups is 1. The van der Waals surface area contributed by atoms with E-state index in [1.165, 1.54) is 10.7 Å². The molecular formula is C24H26F3N7O3. The maximum atomic E-state index is 13.4. The number of hydrogen-bond acceptors (Lipinski definition) is 8. The van der Waals surface area contributed by atoms with Gasteiger partial charge in [0.2, 0.25) is 11.9 Å². The minimum Gasteiger partial charge on any atom is -0.390 e. The number of amides is 1. The van der Waals surface area contributed by atoms with Crippen LogP contribution in [0.3, 0.4) is 0 Å². The number of aromatic nitrogens is 4. The number of morpholine rings is 1. The summed E-state index contributed by atoms with van der Waals surface area (Å²) in [5, 5.41) is 18.3. The van der Waals surface area contributed by atoms with Gasteiger partial charge < -0.3 is 25.0 Å². The van der Waals surface area contributed by atoms with Gasteiger partial charge in [0.05, 0.1) is 41.1 Å². The van der Waals surface area contributed by atoms with Crippen molar-refractivity contribution in [3.05, 3.63) is 36.0 Å². The van der Waals surface area contributed by atoms with Crippen LogP contribution in [-0.2, 0) is 15.7 Å². The standard InChI is InChI=1S/C24H26F3N7O3/c1-23(36)8-15(9-23)29-22-30-20(32-11-17(12-32)33-5-6-37-13-19(33)35)18-10-28-34(21(18)31-22)16-4-2-3-14(7-16)24(25,26)27/h2-4,7,10,15,17,36H,5-6,8-9,11-13H2,1H3,(H,29,30,31)/t15-,23-. The largest absolute Gasteiger partial charge is 0.416 e. The Morgan fingerprint density at radius 2 is 2.00 bits per heavy atom. The highest BCUT2D eigenvalue weighted by Gasteiger charge is 2.40. The van der Waals surface area contributed by atoms with Crippen LogP contribution in [0, 0.1) is 0 Å². The zero-order chi connectivity index (χ0) is 25.9. The van der Waals surface area contributed by atoms with Gasteiger partial charge in [-0.25, -0.2) is 4.68 Å². The van der Waals surface area contributed by atoms with Crippen LogP contribution >= 0.6 is 0 Å². The van der Waals surface area contributed by atoms with Gasteiger partial charge >= 0.3 is 6.18 Å². The van der Waals surface area contributed by atoms with Gasteiger partial charge in [-0.1, -0.05) is 6.07 Å². The number of nitrogens with zero attached hydrogens (tertiary/aromatic N) is 6. The summed E-state index contributed by atoms with van der Waals surface area (Å²) in [6, 6.07) is 4.93. The zero-order valence-electron chi connectivity index (χ0n) is 20.1. The Kier molecular flexibility index (Phi) is 5.53. The number of alkyl halides is 3. The number of halogens is 3. The summed E-state index contributed by atoms with van der Waals surface area (Å²) in [6.45, 7) is 4.00. The van der Waals surface area contributed by atoms with E-state index < -0.39 is 17.3 Å². The summed E-state index contributed by atoms with van der Waals surface area (Å²) in [6.07, 6.45) is -1.88. The van der Waals surface area contributed by atoms with Crippen LogP contribution in [0.5, 0.6) is 0 Å². The highest BCUT2D eigenvalue weighted by molar-refractivity contribution is 5.90. The van der Waals surface area contributed by atoms with Crippen molar-refractivity contribution < 1.29 is 27.8 Å². The Bertz CT molecular complexity index is 1350. The van der Waals surface area contributed by atoms with Crippen molar-refractivity contribution in [1.29, 1.82) is 0 Å². The van der Waals surface area contributed by atoms with Crippen molar-refractivity contribution >= 4 is 28.7 Å². The molecule has 0 bridgehead atoms. The van der Waals surface area contributed by atoms with Gasteiger partial charge in [-0.15, -0.1) is 0 Å². The Balaban J connectivity index is 1.34. The molecule has 2 saturated heterocycles. The Labute approximate surface area is 210 Å². The quantitative estimate of drug-likeness (QED) is 0.531. The van der Waals surface area contributed by atoms with Crippen LogP contribution in [0.1, 0.15) is 25.3 Å². The van der Waals surface area contributed by atoms with Crippen LogP contribution in [0.4, 0.5) is 24.9 Å². The highest BCUT2D eigenvalue weighted by atomic mass is 19.4. The van der Waals surface area contributed by atoms with Gasteiger partial charge in [-0.05, 0) is 38.0 Å². The molecule has 3 aromatic rings. The first-order chi connectivity index (χ1) is 17.6. The van der Waals surface area contributed by atoms with E-state index in [9.17, 15) is 23.1 Å².